The van der Waals surface area contributed by atoms with Crippen molar-refractivity contribution in [3.05, 3.63) is 59.2 Å². The third-order valence-corrected chi connectivity index (χ3v) is 4.95. The van der Waals surface area contributed by atoms with Crippen molar-refractivity contribution in [2.45, 2.75) is 53.2 Å². The summed E-state index contributed by atoms with van der Waals surface area (Å²) in [6.45, 7) is 9.69. The third kappa shape index (κ3) is 6.51. The van der Waals surface area contributed by atoms with E-state index in [0.29, 0.717) is 12.3 Å². The van der Waals surface area contributed by atoms with Gasteiger partial charge in [-0.3, -0.25) is 9.59 Å². The molecule has 0 heterocycles. The van der Waals surface area contributed by atoms with Crippen LogP contribution in [0.3, 0.4) is 0 Å². The average Bonchev–Trinajstić information content (AvgIpc) is 2.72. The van der Waals surface area contributed by atoms with Crippen molar-refractivity contribution < 1.29 is 19.1 Å². The quantitative estimate of drug-likeness (QED) is 0.683. The molecule has 1 atom stereocenters. The molecule has 0 aliphatic rings. The summed E-state index contributed by atoms with van der Waals surface area (Å²) in [6, 6.07) is 12.5. The molecule has 162 valence electrons. The minimum absolute atomic E-state index is 0.00956. The minimum atomic E-state index is -0.634. The number of hydrogen-bond donors (Lipinski definition) is 1. The molecule has 2 aromatic carbocycles. The molecule has 0 radical (unpaired) electrons. The molecular formula is C24H32N2O4. The number of carbonyl (C=O) groups is 2. The lowest BCUT2D eigenvalue weighted by Crippen LogP contribution is -2.50. The van der Waals surface area contributed by atoms with E-state index < -0.39 is 6.04 Å². The first-order valence-corrected chi connectivity index (χ1v) is 10.1. The number of nitrogens with zero attached hydrogens (tertiary/aromatic N) is 1. The second-order valence-corrected chi connectivity index (χ2v) is 7.74. The Bertz CT molecular complexity index is 862. The molecule has 0 unspecified atom stereocenters. The summed E-state index contributed by atoms with van der Waals surface area (Å²) < 4.78 is 10.9. The number of methoxy groups -OCH3 is 1. The van der Waals surface area contributed by atoms with E-state index in [1.54, 1.807) is 18.9 Å². The molecule has 0 spiro atoms. The maximum atomic E-state index is 13.0. The van der Waals surface area contributed by atoms with Gasteiger partial charge in [0, 0.05) is 12.6 Å². The van der Waals surface area contributed by atoms with Crippen LogP contribution in [0, 0.1) is 13.8 Å². The molecule has 0 saturated heterocycles. The van der Waals surface area contributed by atoms with Crippen molar-refractivity contribution in [3.63, 3.8) is 0 Å². The van der Waals surface area contributed by atoms with Crippen LogP contribution in [0.5, 0.6) is 11.5 Å². The molecule has 30 heavy (non-hydrogen) atoms. The highest BCUT2D eigenvalue weighted by Gasteiger charge is 2.27. The molecule has 2 rings (SSSR count). The molecular weight excluding hydrogens is 380 g/mol. The van der Waals surface area contributed by atoms with Crippen LogP contribution in [0.4, 0.5) is 0 Å². The Hall–Kier alpha value is -3.02. The zero-order valence-electron chi connectivity index (χ0n) is 18.7. The standard InChI is InChI=1S/C24H32N2O4/c1-16(2)25-24(28)19(5)26(14-20-8-11-21(29-6)12-9-20)23(27)15-30-22-10-7-17(3)18(4)13-22/h7-13,16,19H,14-15H2,1-6H3,(H,25,28)/t19-/m0/s1. The summed E-state index contributed by atoms with van der Waals surface area (Å²) in [5, 5.41) is 2.88. The molecule has 2 amide bonds. The van der Waals surface area contributed by atoms with E-state index in [0.717, 1.165) is 22.4 Å². The Kier molecular flexibility index (Phi) is 8.27. The number of rotatable bonds is 9. The molecule has 6 heteroatoms. The lowest BCUT2D eigenvalue weighted by atomic mass is 10.1. The predicted octanol–water partition coefficient (Wildman–Crippen LogP) is 3.63. The number of carbonyl (C=O) groups excluding carboxylic acids is 2. The Morgan fingerprint density at radius 2 is 1.60 bits per heavy atom. The zero-order chi connectivity index (χ0) is 22.3. The lowest BCUT2D eigenvalue weighted by molar-refractivity contribution is -0.142. The lowest BCUT2D eigenvalue weighted by Gasteiger charge is -2.29. The molecule has 6 nitrogen and oxygen atoms in total. The highest BCUT2D eigenvalue weighted by Crippen LogP contribution is 2.18. The van der Waals surface area contributed by atoms with Crippen molar-refractivity contribution >= 4 is 11.8 Å². The number of aryl methyl sites for hydroxylation is 2. The van der Waals surface area contributed by atoms with Gasteiger partial charge >= 0.3 is 0 Å². The first kappa shape index (κ1) is 23.3. The number of benzene rings is 2. The van der Waals surface area contributed by atoms with E-state index >= 15 is 0 Å². The maximum Gasteiger partial charge on any atom is 0.261 e. The molecule has 0 aromatic heterocycles. The van der Waals surface area contributed by atoms with E-state index in [-0.39, 0.29) is 24.5 Å². The topological polar surface area (TPSA) is 67.9 Å². The van der Waals surface area contributed by atoms with Gasteiger partial charge in [0.25, 0.3) is 5.91 Å². The van der Waals surface area contributed by atoms with Gasteiger partial charge in [-0.05, 0) is 75.6 Å². The van der Waals surface area contributed by atoms with E-state index in [2.05, 4.69) is 5.32 Å². The van der Waals surface area contributed by atoms with Gasteiger partial charge in [-0.1, -0.05) is 18.2 Å². The first-order chi connectivity index (χ1) is 14.2. The van der Waals surface area contributed by atoms with Crippen molar-refractivity contribution in [1.29, 1.82) is 0 Å². The predicted molar refractivity (Wildman–Crippen MR) is 118 cm³/mol. The molecule has 0 aliphatic heterocycles. The Balaban J connectivity index is 2.16. The van der Waals surface area contributed by atoms with Gasteiger partial charge in [0.05, 0.1) is 7.11 Å². The fourth-order valence-electron chi connectivity index (χ4n) is 2.95. The summed E-state index contributed by atoms with van der Waals surface area (Å²) >= 11 is 0. The average molecular weight is 413 g/mol. The van der Waals surface area contributed by atoms with E-state index in [4.69, 9.17) is 9.47 Å². The van der Waals surface area contributed by atoms with Gasteiger partial charge < -0.3 is 19.7 Å². The Morgan fingerprint density at radius 3 is 2.17 bits per heavy atom. The summed E-state index contributed by atoms with van der Waals surface area (Å²) in [6.07, 6.45) is 0. The van der Waals surface area contributed by atoms with Crippen LogP contribution in [0.2, 0.25) is 0 Å². The monoisotopic (exact) mass is 412 g/mol. The van der Waals surface area contributed by atoms with Crippen molar-refractivity contribution in [1.82, 2.24) is 10.2 Å². The second-order valence-electron chi connectivity index (χ2n) is 7.74. The second kappa shape index (κ2) is 10.7. The van der Waals surface area contributed by atoms with Gasteiger partial charge in [-0.2, -0.15) is 0 Å². The van der Waals surface area contributed by atoms with E-state index in [9.17, 15) is 9.59 Å². The van der Waals surface area contributed by atoms with E-state index in [1.165, 1.54) is 0 Å². The van der Waals surface area contributed by atoms with Crippen molar-refractivity contribution in [2.75, 3.05) is 13.7 Å². The summed E-state index contributed by atoms with van der Waals surface area (Å²) in [5.41, 5.74) is 3.16. The van der Waals surface area contributed by atoms with Crippen LogP contribution in [-0.2, 0) is 16.1 Å². The van der Waals surface area contributed by atoms with E-state index in [1.807, 2.05) is 70.2 Å². The third-order valence-electron chi connectivity index (χ3n) is 4.95. The van der Waals surface area contributed by atoms with Gasteiger partial charge in [0.1, 0.15) is 17.5 Å². The molecule has 1 N–H and O–H groups in total. The molecule has 0 aliphatic carbocycles. The largest absolute Gasteiger partial charge is 0.497 e. The van der Waals surface area contributed by atoms with Crippen LogP contribution in [0.1, 0.15) is 37.5 Å². The molecule has 2 aromatic rings. The smallest absolute Gasteiger partial charge is 0.261 e. The normalized spacial score (nSPS) is 11.7. The van der Waals surface area contributed by atoms with Gasteiger partial charge in [0.2, 0.25) is 5.91 Å². The summed E-state index contributed by atoms with van der Waals surface area (Å²) in [5.74, 6) is 0.920. The minimum Gasteiger partial charge on any atom is -0.497 e. The Labute approximate surface area is 179 Å². The van der Waals surface area contributed by atoms with Crippen LogP contribution in [0.25, 0.3) is 0 Å². The Morgan fingerprint density at radius 1 is 0.967 bits per heavy atom. The van der Waals surface area contributed by atoms with Gasteiger partial charge in [-0.15, -0.1) is 0 Å². The van der Waals surface area contributed by atoms with Crippen LogP contribution < -0.4 is 14.8 Å². The van der Waals surface area contributed by atoms with Gasteiger partial charge in [-0.25, -0.2) is 0 Å². The first-order valence-electron chi connectivity index (χ1n) is 10.1. The van der Waals surface area contributed by atoms with Crippen molar-refractivity contribution in [3.8, 4) is 11.5 Å². The number of hydrogen-bond acceptors (Lipinski definition) is 4. The molecule has 0 fully saturated rings. The van der Waals surface area contributed by atoms with Crippen LogP contribution >= 0.6 is 0 Å². The maximum absolute atomic E-state index is 13.0. The summed E-state index contributed by atoms with van der Waals surface area (Å²) in [7, 11) is 1.60. The van der Waals surface area contributed by atoms with Crippen LogP contribution in [0.15, 0.2) is 42.5 Å². The molecule has 0 bridgehead atoms. The number of nitrogens with one attached hydrogen (secondary N) is 1. The van der Waals surface area contributed by atoms with Crippen LogP contribution in [-0.4, -0.2) is 42.5 Å². The zero-order valence-corrected chi connectivity index (χ0v) is 18.7. The number of amides is 2. The van der Waals surface area contributed by atoms with Gasteiger partial charge in [0.15, 0.2) is 6.61 Å². The summed E-state index contributed by atoms with van der Waals surface area (Å²) in [4.78, 5) is 27.1. The SMILES string of the molecule is COc1ccc(CN(C(=O)COc2ccc(C)c(C)c2)[C@@H](C)C(=O)NC(C)C)cc1. The fourth-order valence-corrected chi connectivity index (χ4v) is 2.95. The highest BCUT2D eigenvalue weighted by atomic mass is 16.5. The fraction of sp³-hybridized carbons (Fsp3) is 0.417. The molecule has 0 saturated carbocycles. The van der Waals surface area contributed by atoms with Crippen molar-refractivity contribution in [2.24, 2.45) is 0 Å². The number of ether oxygens (including phenoxy) is 2. The highest BCUT2D eigenvalue weighted by molar-refractivity contribution is 5.88.